The van der Waals surface area contributed by atoms with Gasteiger partial charge in [-0.3, -0.25) is 9.63 Å². The van der Waals surface area contributed by atoms with E-state index in [2.05, 4.69) is 10.3 Å². The van der Waals surface area contributed by atoms with E-state index in [9.17, 15) is 9.59 Å². The Balaban J connectivity index is 2.01. The lowest BCUT2D eigenvalue weighted by atomic mass is 9.82. The molecule has 0 saturated heterocycles. The molecule has 5 heteroatoms. The van der Waals surface area contributed by atoms with Gasteiger partial charge in [-0.2, -0.15) is 0 Å². The van der Waals surface area contributed by atoms with Gasteiger partial charge >= 0.3 is 5.97 Å². The molecule has 5 nitrogen and oxygen atoms in total. The van der Waals surface area contributed by atoms with E-state index in [4.69, 9.17) is 5.11 Å². The fraction of sp³-hybridized carbons (Fsp3) is 0.385. The molecule has 0 saturated carbocycles. The molecular weight excluding hydrogens is 234 g/mol. The maximum absolute atomic E-state index is 11.9. The van der Waals surface area contributed by atoms with Crippen molar-refractivity contribution in [3.63, 3.8) is 0 Å². The lowest BCUT2D eigenvalue weighted by Crippen LogP contribution is -2.33. The Morgan fingerprint density at radius 3 is 2.94 bits per heavy atom. The van der Waals surface area contributed by atoms with Crippen LogP contribution in [0.5, 0.6) is 0 Å². The lowest BCUT2D eigenvalue weighted by molar-refractivity contribution is -0.149. The molecule has 1 amide bonds. The Bertz CT molecular complexity index is 458. The number of aliphatic carboxylic acids is 1. The Kier molecular flexibility index (Phi) is 3.94. The first-order chi connectivity index (χ1) is 8.68. The summed E-state index contributed by atoms with van der Waals surface area (Å²) in [5.74, 6) is -1.63. The van der Waals surface area contributed by atoms with Crippen LogP contribution in [0.3, 0.4) is 0 Å². The molecule has 0 fully saturated rings. The van der Waals surface area contributed by atoms with E-state index >= 15 is 0 Å². The summed E-state index contributed by atoms with van der Waals surface area (Å²) in [5, 5.41) is 8.42. The molecule has 2 rings (SSSR count). The SMILES string of the molecule is O=C(O)CONC(=O)C1CCCc2ccccc21. The number of benzene rings is 1. The van der Waals surface area contributed by atoms with Crippen LogP contribution in [-0.4, -0.2) is 23.6 Å². The highest BCUT2D eigenvalue weighted by Gasteiger charge is 2.26. The van der Waals surface area contributed by atoms with Crippen LogP contribution >= 0.6 is 0 Å². The summed E-state index contributed by atoms with van der Waals surface area (Å²) in [5.41, 5.74) is 4.40. The molecule has 1 aromatic carbocycles. The average Bonchev–Trinajstić information content (AvgIpc) is 2.37. The number of carbonyl (C=O) groups excluding carboxylic acids is 1. The Morgan fingerprint density at radius 1 is 1.39 bits per heavy atom. The van der Waals surface area contributed by atoms with Gasteiger partial charge in [0.25, 0.3) is 5.91 Å². The Morgan fingerprint density at radius 2 is 2.17 bits per heavy atom. The minimum atomic E-state index is -1.11. The second-order valence-corrected chi connectivity index (χ2v) is 4.29. The highest BCUT2D eigenvalue weighted by molar-refractivity contribution is 5.83. The molecule has 2 N–H and O–H groups in total. The van der Waals surface area contributed by atoms with E-state index in [0.29, 0.717) is 0 Å². The molecule has 18 heavy (non-hydrogen) atoms. The van der Waals surface area contributed by atoms with Crippen molar-refractivity contribution >= 4 is 11.9 Å². The molecule has 96 valence electrons. The number of carboxylic acid groups (broad SMARTS) is 1. The molecule has 1 aromatic rings. The van der Waals surface area contributed by atoms with Crippen molar-refractivity contribution in [2.45, 2.75) is 25.2 Å². The van der Waals surface area contributed by atoms with Gasteiger partial charge < -0.3 is 5.11 Å². The molecule has 0 bridgehead atoms. The highest BCUT2D eigenvalue weighted by atomic mass is 16.7. The van der Waals surface area contributed by atoms with Crippen molar-refractivity contribution < 1.29 is 19.5 Å². The number of rotatable bonds is 4. The van der Waals surface area contributed by atoms with E-state index in [1.165, 1.54) is 5.56 Å². The zero-order chi connectivity index (χ0) is 13.0. The number of aryl methyl sites for hydroxylation is 1. The Labute approximate surface area is 105 Å². The third-order valence-corrected chi connectivity index (χ3v) is 3.05. The Hall–Kier alpha value is -1.88. The van der Waals surface area contributed by atoms with Crippen LogP contribution in [-0.2, 0) is 20.8 Å². The van der Waals surface area contributed by atoms with Crippen molar-refractivity contribution in [2.75, 3.05) is 6.61 Å². The number of hydrogen-bond acceptors (Lipinski definition) is 3. The number of carbonyl (C=O) groups is 2. The van der Waals surface area contributed by atoms with Crippen molar-refractivity contribution in [2.24, 2.45) is 0 Å². The molecule has 1 atom stereocenters. The van der Waals surface area contributed by atoms with Crippen LogP contribution in [0, 0.1) is 0 Å². The van der Waals surface area contributed by atoms with E-state index in [1.807, 2.05) is 24.3 Å². The van der Waals surface area contributed by atoms with Gasteiger partial charge in [0.05, 0.1) is 5.92 Å². The normalized spacial score (nSPS) is 17.9. The third kappa shape index (κ3) is 2.87. The molecule has 0 radical (unpaired) electrons. The summed E-state index contributed by atoms with van der Waals surface area (Å²) in [6.07, 6.45) is 2.70. The van der Waals surface area contributed by atoms with Gasteiger partial charge in [0, 0.05) is 0 Å². The van der Waals surface area contributed by atoms with Crippen LogP contribution < -0.4 is 5.48 Å². The number of carboxylic acids is 1. The van der Waals surface area contributed by atoms with Crippen LogP contribution in [0.2, 0.25) is 0 Å². The van der Waals surface area contributed by atoms with Gasteiger partial charge in [0.15, 0.2) is 6.61 Å². The first kappa shape index (κ1) is 12.6. The zero-order valence-electron chi connectivity index (χ0n) is 9.89. The van der Waals surface area contributed by atoms with Crippen molar-refractivity contribution in [3.05, 3.63) is 35.4 Å². The monoisotopic (exact) mass is 249 g/mol. The van der Waals surface area contributed by atoms with Gasteiger partial charge in [-0.1, -0.05) is 24.3 Å². The number of amides is 1. The fourth-order valence-corrected chi connectivity index (χ4v) is 2.27. The van der Waals surface area contributed by atoms with Gasteiger partial charge in [-0.15, -0.1) is 0 Å². The van der Waals surface area contributed by atoms with Crippen molar-refractivity contribution in [1.82, 2.24) is 5.48 Å². The van der Waals surface area contributed by atoms with Crippen LogP contribution in [0.15, 0.2) is 24.3 Å². The number of hydrogen-bond donors (Lipinski definition) is 2. The summed E-state index contributed by atoms with van der Waals surface area (Å²) in [6.45, 7) is -0.528. The molecule has 0 aliphatic heterocycles. The predicted octanol–water partition coefficient (Wildman–Crippen LogP) is 1.24. The zero-order valence-corrected chi connectivity index (χ0v) is 9.89. The van der Waals surface area contributed by atoms with Crippen LogP contribution in [0.4, 0.5) is 0 Å². The third-order valence-electron chi connectivity index (χ3n) is 3.05. The smallest absolute Gasteiger partial charge is 0.332 e. The molecule has 1 aliphatic rings. The second kappa shape index (κ2) is 5.64. The number of hydroxylamine groups is 1. The average molecular weight is 249 g/mol. The first-order valence-corrected chi connectivity index (χ1v) is 5.89. The first-order valence-electron chi connectivity index (χ1n) is 5.89. The lowest BCUT2D eigenvalue weighted by Gasteiger charge is -2.24. The molecule has 1 aliphatic carbocycles. The maximum Gasteiger partial charge on any atom is 0.332 e. The van der Waals surface area contributed by atoms with Gasteiger partial charge in [0.2, 0.25) is 0 Å². The van der Waals surface area contributed by atoms with Gasteiger partial charge in [0.1, 0.15) is 0 Å². The molecular formula is C13H15NO4. The summed E-state index contributed by atoms with van der Waals surface area (Å²) in [7, 11) is 0. The van der Waals surface area contributed by atoms with E-state index in [-0.39, 0.29) is 11.8 Å². The van der Waals surface area contributed by atoms with Crippen LogP contribution in [0.1, 0.15) is 29.9 Å². The minimum absolute atomic E-state index is 0.247. The maximum atomic E-state index is 11.9. The highest BCUT2D eigenvalue weighted by Crippen LogP contribution is 2.31. The fourth-order valence-electron chi connectivity index (χ4n) is 2.27. The minimum Gasteiger partial charge on any atom is -0.479 e. The quantitative estimate of drug-likeness (QED) is 0.787. The largest absolute Gasteiger partial charge is 0.479 e. The molecule has 0 heterocycles. The van der Waals surface area contributed by atoms with Gasteiger partial charge in [-0.25, -0.2) is 10.3 Å². The van der Waals surface area contributed by atoms with E-state index in [1.54, 1.807) is 0 Å². The summed E-state index contributed by atoms with van der Waals surface area (Å²) in [4.78, 5) is 26.8. The molecule has 0 spiro atoms. The number of fused-ring (bicyclic) bond motifs is 1. The van der Waals surface area contributed by atoms with E-state index < -0.39 is 12.6 Å². The van der Waals surface area contributed by atoms with E-state index in [0.717, 1.165) is 24.8 Å². The summed E-state index contributed by atoms with van der Waals surface area (Å²) < 4.78 is 0. The van der Waals surface area contributed by atoms with Crippen molar-refractivity contribution in [1.29, 1.82) is 0 Å². The summed E-state index contributed by atoms with van der Waals surface area (Å²) >= 11 is 0. The topological polar surface area (TPSA) is 75.6 Å². The van der Waals surface area contributed by atoms with Gasteiger partial charge in [-0.05, 0) is 30.4 Å². The second-order valence-electron chi connectivity index (χ2n) is 4.29. The standard InChI is InChI=1S/C13H15NO4/c15-12(16)8-18-14-13(17)11-7-3-5-9-4-1-2-6-10(9)11/h1-2,4,6,11H,3,5,7-8H2,(H,14,17)(H,15,16). The molecule has 1 unspecified atom stereocenters. The number of nitrogens with one attached hydrogen (secondary N) is 1. The van der Waals surface area contributed by atoms with Crippen molar-refractivity contribution in [3.8, 4) is 0 Å². The summed E-state index contributed by atoms with van der Waals surface area (Å²) in [6, 6.07) is 7.82. The van der Waals surface area contributed by atoms with Crippen LogP contribution in [0.25, 0.3) is 0 Å². The molecule has 0 aromatic heterocycles. The predicted molar refractivity (Wildman–Crippen MR) is 63.9 cm³/mol.